The molecule has 0 aliphatic heterocycles. The largest absolute Gasteiger partial charge is 0.298 e. The van der Waals surface area contributed by atoms with Gasteiger partial charge in [0.25, 0.3) is 8.54 Å². The average molecular weight is 222 g/mol. The van der Waals surface area contributed by atoms with Crippen LogP contribution in [0, 0.1) is 0 Å². The van der Waals surface area contributed by atoms with E-state index in [0.717, 1.165) is 11.1 Å². The standard InChI is InChI=1S/C12H9F2P/c13-15(14)12-8-6-11(7-9-12)10-4-2-1-3-5-10/h1-9H. The van der Waals surface area contributed by atoms with Crippen molar-refractivity contribution in [3.05, 3.63) is 54.6 Å². The van der Waals surface area contributed by atoms with Gasteiger partial charge in [-0.15, -0.1) is 0 Å². The lowest BCUT2D eigenvalue weighted by Gasteiger charge is -2.02. The number of benzene rings is 2. The predicted octanol–water partition coefficient (Wildman–Crippen LogP) is 4.23. The summed E-state index contributed by atoms with van der Waals surface area (Å²) in [6, 6.07) is 16.2. The lowest BCUT2D eigenvalue weighted by Crippen LogP contribution is -1.93. The summed E-state index contributed by atoms with van der Waals surface area (Å²) in [5.74, 6) is 0. The van der Waals surface area contributed by atoms with Crippen molar-refractivity contribution in [3.63, 3.8) is 0 Å². The first-order valence-electron chi connectivity index (χ1n) is 4.54. The van der Waals surface area contributed by atoms with Crippen molar-refractivity contribution in [3.8, 4) is 11.1 Å². The second-order valence-corrected chi connectivity index (χ2v) is 4.13. The van der Waals surface area contributed by atoms with E-state index < -0.39 is 8.54 Å². The van der Waals surface area contributed by atoms with Crippen LogP contribution in [0.5, 0.6) is 0 Å². The Bertz CT molecular complexity index is 423. The molecule has 3 heteroatoms. The summed E-state index contributed by atoms with van der Waals surface area (Å²) in [5, 5.41) is 0.129. The summed E-state index contributed by atoms with van der Waals surface area (Å²) in [6.45, 7) is 0. The van der Waals surface area contributed by atoms with Gasteiger partial charge in [-0.1, -0.05) is 42.5 Å². The lowest BCUT2D eigenvalue weighted by atomic mass is 10.1. The van der Waals surface area contributed by atoms with Crippen LogP contribution in [-0.4, -0.2) is 0 Å². The summed E-state index contributed by atoms with van der Waals surface area (Å²) in [4.78, 5) is 0. The van der Waals surface area contributed by atoms with Crippen LogP contribution in [0.2, 0.25) is 0 Å². The number of rotatable bonds is 2. The minimum atomic E-state index is -2.98. The molecule has 0 unspecified atom stereocenters. The second-order valence-electron chi connectivity index (χ2n) is 3.15. The minimum absolute atomic E-state index is 0.129. The quantitative estimate of drug-likeness (QED) is 0.667. The molecule has 0 aliphatic rings. The molecular weight excluding hydrogens is 213 g/mol. The van der Waals surface area contributed by atoms with Crippen LogP contribution in [0.1, 0.15) is 0 Å². The number of hydrogen-bond acceptors (Lipinski definition) is 0. The van der Waals surface area contributed by atoms with Gasteiger partial charge in [0.2, 0.25) is 0 Å². The molecule has 0 heterocycles. The predicted molar refractivity (Wildman–Crippen MR) is 60.6 cm³/mol. The van der Waals surface area contributed by atoms with E-state index in [4.69, 9.17) is 0 Å². The van der Waals surface area contributed by atoms with Crippen molar-refractivity contribution in [1.29, 1.82) is 0 Å². The molecular formula is C12H9F2P. The Kier molecular flexibility index (Phi) is 3.08. The van der Waals surface area contributed by atoms with Crippen molar-refractivity contribution in [2.45, 2.75) is 0 Å². The van der Waals surface area contributed by atoms with E-state index >= 15 is 0 Å². The van der Waals surface area contributed by atoms with Crippen molar-refractivity contribution in [1.82, 2.24) is 0 Å². The molecule has 0 atom stereocenters. The molecule has 2 aromatic carbocycles. The maximum Gasteiger partial charge on any atom is 0.298 e. The zero-order valence-electron chi connectivity index (χ0n) is 7.90. The van der Waals surface area contributed by atoms with Gasteiger partial charge in [0.05, 0.1) is 0 Å². The van der Waals surface area contributed by atoms with Gasteiger partial charge in [-0.25, -0.2) is 0 Å². The molecule has 0 radical (unpaired) electrons. The van der Waals surface area contributed by atoms with Gasteiger partial charge in [-0.3, -0.25) is 0 Å². The van der Waals surface area contributed by atoms with Crippen molar-refractivity contribution < 1.29 is 8.39 Å². The fourth-order valence-corrected chi connectivity index (χ4v) is 1.77. The molecule has 0 N–H and O–H groups in total. The summed E-state index contributed by atoms with van der Waals surface area (Å²) < 4.78 is 24.7. The maximum absolute atomic E-state index is 12.4. The SMILES string of the molecule is FP(F)c1ccc(-c2ccccc2)cc1. The minimum Gasteiger partial charge on any atom is -0.183 e. The van der Waals surface area contributed by atoms with Crippen LogP contribution in [0.3, 0.4) is 0 Å². The Morgan fingerprint density at radius 1 is 0.667 bits per heavy atom. The summed E-state index contributed by atoms with van der Waals surface area (Å²) >= 11 is 0. The van der Waals surface area contributed by atoms with Crippen molar-refractivity contribution in [2.75, 3.05) is 0 Å². The van der Waals surface area contributed by atoms with Crippen LogP contribution < -0.4 is 5.30 Å². The highest BCUT2D eigenvalue weighted by molar-refractivity contribution is 7.55. The Morgan fingerprint density at radius 3 is 1.73 bits per heavy atom. The highest BCUT2D eigenvalue weighted by Crippen LogP contribution is 2.37. The third-order valence-electron chi connectivity index (χ3n) is 2.17. The van der Waals surface area contributed by atoms with Crippen LogP contribution in [0.4, 0.5) is 8.39 Å². The van der Waals surface area contributed by atoms with Gasteiger partial charge in [0, 0.05) is 5.30 Å². The molecule has 0 nitrogen and oxygen atoms in total. The molecule has 2 aromatic rings. The van der Waals surface area contributed by atoms with E-state index in [-0.39, 0.29) is 5.30 Å². The third kappa shape index (κ3) is 2.40. The van der Waals surface area contributed by atoms with Gasteiger partial charge >= 0.3 is 0 Å². The van der Waals surface area contributed by atoms with Crippen LogP contribution in [0.15, 0.2) is 54.6 Å². The third-order valence-corrected chi connectivity index (χ3v) is 2.86. The fourth-order valence-electron chi connectivity index (χ4n) is 1.40. The number of hydrogen-bond donors (Lipinski definition) is 0. The normalized spacial score (nSPS) is 10.6. The van der Waals surface area contributed by atoms with Gasteiger partial charge in [0.1, 0.15) is 0 Å². The molecule has 0 saturated carbocycles. The smallest absolute Gasteiger partial charge is 0.183 e. The summed E-state index contributed by atoms with van der Waals surface area (Å²) in [7, 11) is -2.98. The van der Waals surface area contributed by atoms with E-state index in [1.165, 1.54) is 12.1 Å². The molecule has 15 heavy (non-hydrogen) atoms. The van der Waals surface area contributed by atoms with E-state index in [2.05, 4.69) is 0 Å². The summed E-state index contributed by atoms with van der Waals surface area (Å²) in [5.41, 5.74) is 2.02. The maximum atomic E-state index is 12.4. The zero-order valence-corrected chi connectivity index (χ0v) is 8.79. The molecule has 76 valence electrons. The highest BCUT2D eigenvalue weighted by atomic mass is 31.2. The molecule has 0 fully saturated rings. The molecule has 0 aromatic heterocycles. The lowest BCUT2D eigenvalue weighted by molar-refractivity contribution is 0.763. The molecule has 0 spiro atoms. The van der Waals surface area contributed by atoms with Crippen molar-refractivity contribution >= 4 is 13.8 Å². The molecule has 2 rings (SSSR count). The van der Waals surface area contributed by atoms with Gasteiger partial charge in [0.15, 0.2) is 0 Å². The first-order chi connectivity index (χ1) is 7.27. The van der Waals surface area contributed by atoms with Crippen LogP contribution in [0.25, 0.3) is 11.1 Å². The highest BCUT2D eigenvalue weighted by Gasteiger charge is 2.07. The van der Waals surface area contributed by atoms with E-state index in [1.807, 2.05) is 30.3 Å². The number of halogens is 2. The van der Waals surface area contributed by atoms with Crippen LogP contribution >= 0.6 is 8.54 Å². The zero-order chi connectivity index (χ0) is 10.7. The summed E-state index contributed by atoms with van der Waals surface area (Å²) in [6.07, 6.45) is 0. The van der Waals surface area contributed by atoms with Gasteiger partial charge in [-0.05, 0) is 23.3 Å². The first-order valence-corrected chi connectivity index (χ1v) is 5.67. The Morgan fingerprint density at radius 2 is 1.20 bits per heavy atom. The molecule has 0 saturated heterocycles. The topological polar surface area (TPSA) is 0 Å². The Labute approximate surface area is 88.6 Å². The van der Waals surface area contributed by atoms with Crippen LogP contribution in [-0.2, 0) is 0 Å². The molecule has 0 amide bonds. The van der Waals surface area contributed by atoms with Gasteiger partial charge < -0.3 is 0 Å². The van der Waals surface area contributed by atoms with Gasteiger partial charge in [-0.2, -0.15) is 8.39 Å². The average Bonchev–Trinajstić information content (AvgIpc) is 2.30. The van der Waals surface area contributed by atoms with E-state index in [0.29, 0.717) is 0 Å². The molecule has 0 aliphatic carbocycles. The molecule has 0 bridgehead atoms. The van der Waals surface area contributed by atoms with E-state index in [9.17, 15) is 8.39 Å². The Hall–Kier alpha value is -1.27. The van der Waals surface area contributed by atoms with Crippen molar-refractivity contribution in [2.24, 2.45) is 0 Å². The Balaban J connectivity index is 2.32. The van der Waals surface area contributed by atoms with E-state index in [1.54, 1.807) is 12.1 Å². The second kappa shape index (κ2) is 4.50. The monoisotopic (exact) mass is 222 g/mol. The first kappa shape index (κ1) is 10.3. The fraction of sp³-hybridized carbons (Fsp3) is 0.